The lowest BCUT2D eigenvalue weighted by atomic mass is 10.2. The predicted octanol–water partition coefficient (Wildman–Crippen LogP) is 3.72. The molecule has 0 N–H and O–H groups in total. The van der Waals surface area contributed by atoms with E-state index in [0.29, 0.717) is 40.7 Å². The minimum Gasteiger partial charge on any atom is -0.497 e. The highest BCUT2D eigenvalue weighted by atomic mass is 35.5. The fourth-order valence-electron chi connectivity index (χ4n) is 3.62. The number of methoxy groups -OCH3 is 1. The van der Waals surface area contributed by atoms with Crippen molar-refractivity contribution < 1.29 is 4.74 Å². The first-order valence-electron chi connectivity index (χ1n) is 9.98. The lowest BCUT2D eigenvalue weighted by molar-refractivity contribution is 0.414. The van der Waals surface area contributed by atoms with E-state index in [1.807, 2.05) is 32.0 Å². The van der Waals surface area contributed by atoms with Crippen LogP contribution in [0.25, 0.3) is 16.9 Å². The molecule has 0 atom stereocenters. The third kappa shape index (κ3) is 4.01. The number of nitrogens with zero attached hydrogens (tertiary/aromatic N) is 4. The number of rotatable bonds is 6. The second-order valence-electron chi connectivity index (χ2n) is 7.80. The number of ether oxygens (including phenoxy) is 1. The molecule has 31 heavy (non-hydrogen) atoms. The number of imidazole rings is 1. The van der Waals surface area contributed by atoms with E-state index >= 15 is 0 Å². The fraction of sp³-hybridized carbons (Fsp3) is 0.261. The molecule has 8 heteroatoms. The van der Waals surface area contributed by atoms with Crippen molar-refractivity contribution in [3.8, 4) is 11.4 Å². The summed E-state index contributed by atoms with van der Waals surface area (Å²) in [6.45, 7) is 4.66. The first kappa shape index (κ1) is 20.9. The molecule has 2 heterocycles. The van der Waals surface area contributed by atoms with Gasteiger partial charge in [0.2, 0.25) is 0 Å². The molecular formula is C23H23ClN4O3. The quantitative estimate of drug-likeness (QED) is 0.460. The van der Waals surface area contributed by atoms with Crippen LogP contribution in [-0.4, -0.2) is 25.8 Å². The number of halogens is 1. The topological polar surface area (TPSA) is 71.1 Å². The molecule has 160 valence electrons. The summed E-state index contributed by atoms with van der Waals surface area (Å²) in [5.74, 6) is 0.798. The Morgan fingerprint density at radius 1 is 1.10 bits per heavy atom. The van der Waals surface area contributed by atoms with Gasteiger partial charge >= 0.3 is 5.69 Å². The van der Waals surface area contributed by atoms with Crippen LogP contribution in [0, 0.1) is 5.92 Å². The van der Waals surface area contributed by atoms with Gasteiger partial charge in [0.15, 0.2) is 11.2 Å². The lowest BCUT2D eigenvalue weighted by Gasteiger charge is -2.14. The summed E-state index contributed by atoms with van der Waals surface area (Å²) in [5, 5.41) is 0.620. The molecular weight excluding hydrogens is 416 g/mol. The van der Waals surface area contributed by atoms with Gasteiger partial charge in [0.05, 0.1) is 19.1 Å². The van der Waals surface area contributed by atoms with Gasteiger partial charge in [-0.3, -0.25) is 9.36 Å². The molecule has 0 fully saturated rings. The monoisotopic (exact) mass is 438 g/mol. The zero-order valence-electron chi connectivity index (χ0n) is 17.6. The number of aromatic nitrogens is 4. The highest BCUT2D eigenvalue weighted by Gasteiger charge is 2.20. The van der Waals surface area contributed by atoms with Crippen LogP contribution < -0.4 is 16.0 Å². The van der Waals surface area contributed by atoms with Crippen LogP contribution in [-0.2, 0) is 13.1 Å². The molecule has 0 aliphatic rings. The Labute approximate surface area is 184 Å². The van der Waals surface area contributed by atoms with E-state index in [1.54, 1.807) is 48.3 Å². The van der Waals surface area contributed by atoms with Crippen LogP contribution in [0.3, 0.4) is 0 Å². The number of hydrogen-bond acceptors (Lipinski definition) is 4. The van der Waals surface area contributed by atoms with Gasteiger partial charge < -0.3 is 9.30 Å². The van der Waals surface area contributed by atoms with E-state index < -0.39 is 5.69 Å². The fourth-order valence-corrected chi connectivity index (χ4v) is 3.83. The first-order valence-corrected chi connectivity index (χ1v) is 10.4. The Bertz CT molecular complexity index is 1350. The van der Waals surface area contributed by atoms with Crippen molar-refractivity contribution in [2.45, 2.75) is 26.9 Å². The molecule has 0 aliphatic heterocycles. The van der Waals surface area contributed by atoms with Crippen LogP contribution >= 0.6 is 11.6 Å². The van der Waals surface area contributed by atoms with Gasteiger partial charge in [-0.25, -0.2) is 14.3 Å². The van der Waals surface area contributed by atoms with E-state index in [9.17, 15) is 9.59 Å². The third-order valence-electron chi connectivity index (χ3n) is 5.02. The van der Waals surface area contributed by atoms with Gasteiger partial charge in [0, 0.05) is 18.1 Å². The largest absolute Gasteiger partial charge is 0.497 e. The average Bonchev–Trinajstić information content (AvgIpc) is 3.15. The number of benzene rings is 2. The van der Waals surface area contributed by atoms with Gasteiger partial charge in [0.25, 0.3) is 5.56 Å². The third-order valence-corrected chi connectivity index (χ3v) is 5.26. The van der Waals surface area contributed by atoms with E-state index in [4.69, 9.17) is 16.3 Å². The first-order chi connectivity index (χ1) is 14.9. The molecule has 0 spiro atoms. The van der Waals surface area contributed by atoms with Crippen molar-refractivity contribution in [2.75, 3.05) is 7.11 Å². The summed E-state index contributed by atoms with van der Waals surface area (Å²) in [7, 11) is 1.58. The summed E-state index contributed by atoms with van der Waals surface area (Å²) < 4.78 is 9.75. The minimum absolute atomic E-state index is 0.122. The van der Waals surface area contributed by atoms with Gasteiger partial charge in [-0.1, -0.05) is 37.6 Å². The molecule has 0 saturated heterocycles. The Balaban J connectivity index is 1.97. The predicted molar refractivity (Wildman–Crippen MR) is 122 cm³/mol. The van der Waals surface area contributed by atoms with Crippen molar-refractivity contribution in [3.05, 3.63) is 86.3 Å². The van der Waals surface area contributed by atoms with Crippen LogP contribution in [0.1, 0.15) is 19.4 Å². The molecule has 7 nitrogen and oxygen atoms in total. The van der Waals surface area contributed by atoms with Crippen LogP contribution in [0.5, 0.6) is 5.75 Å². The van der Waals surface area contributed by atoms with Crippen molar-refractivity contribution in [1.82, 2.24) is 18.7 Å². The SMILES string of the molecule is COc1ccc(-n2c(=O)n(CC(C)C)c(=O)c3c2ncn3Cc2cccc(Cl)c2)cc1. The standard InChI is InChI=1S/C23H23ClN4O3/c1-15(2)12-27-22(29)20-21(25-14-26(20)13-16-5-4-6-17(24)11-16)28(23(27)30)18-7-9-19(31-3)10-8-18/h4-11,14-15H,12-13H2,1-3H3. The second-order valence-corrected chi connectivity index (χ2v) is 8.24. The maximum atomic E-state index is 13.4. The van der Waals surface area contributed by atoms with Gasteiger partial charge in [-0.15, -0.1) is 0 Å². The molecule has 0 aliphatic carbocycles. The Morgan fingerprint density at radius 2 is 1.84 bits per heavy atom. The summed E-state index contributed by atoms with van der Waals surface area (Å²) in [6.07, 6.45) is 1.59. The molecule has 4 rings (SSSR count). The summed E-state index contributed by atoms with van der Waals surface area (Å²) in [5.41, 5.74) is 1.48. The highest BCUT2D eigenvalue weighted by Crippen LogP contribution is 2.19. The maximum absolute atomic E-state index is 13.4. The van der Waals surface area contributed by atoms with E-state index in [0.717, 1.165) is 5.56 Å². The van der Waals surface area contributed by atoms with Crippen molar-refractivity contribution in [1.29, 1.82) is 0 Å². The van der Waals surface area contributed by atoms with E-state index in [2.05, 4.69) is 4.98 Å². The molecule has 0 unspecified atom stereocenters. The maximum Gasteiger partial charge on any atom is 0.337 e. The number of hydrogen-bond donors (Lipinski definition) is 0. The van der Waals surface area contributed by atoms with Crippen LogP contribution in [0.2, 0.25) is 5.02 Å². The van der Waals surface area contributed by atoms with Crippen molar-refractivity contribution >= 4 is 22.8 Å². The van der Waals surface area contributed by atoms with Crippen LogP contribution in [0.15, 0.2) is 64.4 Å². The second kappa shape index (κ2) is 8.43. The van der Waals surface area contributed by atoms with E-state index in [1.165, 1.54) is 9.13 Å². The molecule has 0 amide bonds. The van der Waals surface area contributed by atoms with Gasteiger partial charge in [-0.05, 0) is 47.9 Å². The molecule has 2 aromatic carbocycles. The molecule has 0 saturated carbocycles. The molecule has 4 aromatic rings. The highest BCUT2D eigenvalue weighted by molar-refractivity contribution is 6.30. The smallest absolute Gasteiger partial charge is 0.337 e. The number of fused-ring (bicyclic) bond motifs is 1. The lowest BCUT2D eigenvalue weighted by Crippen LogP contribution is -2.41. The molecule has 0 bridgehead atoms. The Kier molecular flexibility index (Phi) is 5.69. The summed E-state index contributed by atoms with van der Waals surface area (Å²) in [4.78, 5) is 31.1. The Morgan fingerprint density at radius 3 is 2.48 bits per heavy atom. The zero-order valence-corrected chi connectivity index (χ0v) is 18.3. The zero-order chi connectivity index (χ0) is 22.1. The van der Waals surface area contributed by atoms with Crippen LogP contribution in [0.4, 0.5) is 0 Å². The van der Waals surface area contributed by atoms with Crippen molar-refractivity contribution in [3.63, 3.8) is 0 Å². The molecule has 0 radical (unpaired) electrons. The average molecular weight is 439 g/mol. The minimum atomic E-state index is -0.413. The van der Waals surface area contributed by atoms with E-state index in [-0.39, 0.29) is 11.5 Å². The van der Waals surface area contributed by atoms with Gasteiger partial charge in [0.1, 0.15) is 5.75 Å². The summed E-state index contributed by atoms with van der Waals surface area (Å²) in [6, 6.07) is 14.5. The normalized spacial score (nSPS) is 11.4. The Hall–Kier alpha value is -3.32. The van der Waals surface area contributed by atoms with Crippen molar-refractivity contribution in [2.24, 2.45) is 5.92 Å². The summed E-state index contributed by atoms with van der Waals surface area (Å²) >= 11 is 6.12. The van der Waals surface area contributed by atoms with Gasteiger partial charge in [-0.2, -0.15) is 0 Å². The molecule has 2 aromatic heterocycles.